The molecule has 1 rings (SSSR count). The molecule has 6 nitrogen and oxygen atoms in total. The van der Waals surface area contributed by atoms with Crippen molar-refractivity contribution in [1.82, 2.24) is 0 Å². The van der Waals surface area contributed by atoms with Crippen LogP contribution in [-0.2, 0) is 9.47 Å². The van der Waals surface area contributed by atoms with Crippen LogP contribution in [0.1, 0.15) is 41.5 Å². The zero-order valence-electron chi connectivity index (χ0n) is 11.9. The Morgan fingerprint density at radius 3 is 2.40 bits per heavy atom. The van der Waals surface area contributed by atoms with E-state index in [4.69, 9.17) is 4.74 Å². The third-order valence-corrected chi connectivity index (χ3v) is 2.24. The smallest absolute Gasteiger partial charge is 0.412 e. The topological polar surface area (TPSA) is 81.7 Å². The quantitative estimate of drug-likeness (QED) is 0.679. The van der Waals surface area contributed by atoms with Crippen molar-refractivity contribution < 1.29 is 23.9 Å². The van der Waals surface area contributed by atoms with Gasteiger partial charge in [0.05, 0.1) is 18.4 Å². The maximum atomic E-state index is 11.6. The van der Waals surface area contributed by atoms with Gasteiger partial charge in [-0.05, 0) is 39.0 Å². The van der Waals surface area contributed by atoms with E-state index >= 15 is 0 Å². The maximum absolute atomic E-state index is 11.6. The van der Waals surface area contributed by atoms with Gasteiger partial charge in [-0.1, -0.05) is 0 Å². The lowest BCUT2D eigenvalue weighted by Gasteiger charge is -2.20. The molecule has 1 aromatic carbocycles. The van der Waals surface area contributed by atoms with E-state index in [1.54, 1.807) is 20.8 Å². The SMILES string of the molecule is COC(=O)c1ccc(NC(=O)OC(C)(C)C)c(C=O)c1. The van der Waals surface area contributed by atoms with Crippen molar-refractivity contribution in [3.63, 3.8) is 0 Å². The van der Waals surface area contributed by atoms with Crippen LogP contribution < -0.4 is 5.32 Å². The average molecular weight is 279 g/mol. The van der Waals surface area contributed by atoms with Crippen LogP contribution in [0.15, 0.2) is 18.2 Å². The molecule has 0 fully saturated rings. The first-order chi connectivity index (χ1) is 9.26. The number of amides is 1. The summed E-state index contributed by atoms with van der Waals surface area (Å²) in [6.07, 6.45) is -0.134. The van der Waals surface area contributed by atoms with E-state index in [0.717, 1.165) is 0 Å². The summed E-state index contributed by atoms with van der Waals surface area (Å²) >= 11 is 0. The van der Waals surface area contributed by atoms with Crippen molar-refractivity contribution in [2.45, 2.75) is 26.4 Å². The monoisotopic (exact) mass is 279 g/mol. The molecule has 0 unspecified atom stereocenters. The Balaban J connectivity index is 2.94. The number of carbonyl (C=O) groups excluding carboxylic acids is 3. The number of anilines is 1. The molecule has 0 atom stereocenters. The standard InChI is InChI=1S/C14H17NO5/c1-14(2,3)20-13(18)15-11-6-5-9(12(17)19-4)7-10(11)8-16/h5-8H,1-4H3,(H,15,18). The first-order valence-corrected chi connectivity index (χ1v) is 5.94. The van der Waals surface area contributed by atoms with Crippen molar-refractivity contribution in [2.75, 3.05) is 12.4 Å². The Bertz CT molecular complexity index is 531. The van der Waals surface area contributed by atoms with Gasteiger partial charge in [-0.25, -0.2) is 9.59 Å². The second-order valence-electron chi connectivity index (χ2n) is 5.04. The maximum Gasteiger partial charge on any atom is 0.412 e. The molecule has 1 aromatic rings. The zero-order valence-corrected chi connectivity index (χ0v) is 11.9. The number of ether oxygens (including phenoxy) is 2. The van der Waals surface area contributed by atoms with Crippen molar-refractivity contribution in [1.29, 1.82) is 0 Å². The van der Waals surface area contributed by atoms with E-state index in [9.17, 15) is 14.4 Å². The van der Waals surface area contributed by atoms with E-state index < -0.39 is 17.7 Å². The number of hydrogen-bond donors (Lipinski definition) is 1. The van der Waals surface area contributed by atoms with Gasteiger partial charge in [-0.2, -0.15) is 0 Å². The number of nitrogens with one attached hydrogen (secondary N) is 1. The second-order valence-corrected chi connectivity index (χ2v) is 5.04. The minimum atomic E-state index is -0.675. The number of rotatable bonds is 3. The van der Waals surface area contributed by atoms with Gasteiger partial charge in [0.1, 0.15) is 5.60 Å². The highest BCUT2D eigenvalue weighted by atomic mass is 16.6. The summed E-state index contributed by atoms with van der Waals surface area (Å²) in [6.45, 7) is 5.19. The Labute approximate surface area is 117 Å². The number of methoxy groups -OCH3 is 1. The molecule has 0 aliphatic carbocycles. The molecule has 0 bridgehead atoms. The highest BCUT2D eigenvalue weighted by molar-refractivity contribution is 5.97. The van der Waals surface area contributed by atoms with Gasteiger partial charge in [0.25, 0.3) is 0 Å². The number of benzene rings is 1. The lowest BCUT2D eigenvalue weighted by atomic mass is 10.1. The molecule has 1 N–H and O–H groups in total. The Morgan fingerprint density at radius 1 is 1.25 bits per heavy atom. The van der Waals surface area contributed by atoms with Crippen molar-refractivity contribution in [3.05, 3.63) is 29.3 Å². The van der Waals surface area contributed by atoms with Crippen LogP contribution in [0, 0.1) is 0 Å². The summed E-state index contributed by atoms with van der Waals surface area (Å²) < 4.78 is 9.64. The van der Waals surface area contributed by atoms with Crippen molar-refractivity contribution in [3.8, 4) is 0 Å². The molecule has 0 radical (unpaired) electrons. The van der Waals surface area contributed by atoms with Crippen molar-refractivity contribution in [2.24, 2.45) is 0 Å². The van der Waals surface area contributed by atoms with Gasteiger partial charge in [0, 0.05) is 5.56 Å². The van der Waals surface area contributed by atoms with Crippen LogP contribution in [-0.4, -0.2) is 31.1 Å². The number of hydrogen-bond acceptors (Lipinski definition) is 5. The lowest BCUT2D eigenvalue weighted by Crippen LogP contribution is -2.27. The molecule has 20 heavy (non-hydrogen) atoms. The van der Waals surface area contributed by atoms with E-state index in [0.29, 0.717) is 6.29 Å². The molecule has 0 spiro atoms. The molecule has 0 heterocycles. The Kier molecular flexibility index (Phi) is 4.85. The molecule has 0 saturated carbocycles. The van der Waals surface area contributed by atoms with Gasteiger partial charge in [-0.3, -0.25) is 10.1 Å². The second kappa shape index (κ2) is 6.18. The van der Waals surface area contributed by atoms with Crippen LogP contribution in [0.5, 0.6) is 0 Å². The fraction of sp³-hybridized carbons (Fsp3) is 0.357. The number of esters is 1. The van der Waals surface area contributed by atoms with Crippen LogP contribution in [0.3, 0.4) is 0 Å². The van der Waals surface area contributed by atoms with Gasteiger partial charge >= 0.3 is 12.1 Å². The van der Waals surface area contributed by atoms with Crippen LogP contribution >= 0.6 is 0 Å². The summed E-state index contributed by atoms with van der Waals surface area (Å²) in [5, 5.41) is 2.46. The predicted molar refractivity (Wildman–Crippen MR) is 73.0 cm³/mol. The molecule has 0 aliphatic rings. The van der Waals surface area contributed by atoms with E-state index in [2.05, 4.69) is 10.1 Å². The van der Waals surface area contributed by atoms with Gasteiger partial charge in [-0.15, -0.1) is 0 Å². The van der Waals surface area contributed by atoms with Crippen LogP contribution in [0.4, 0.5) is 10.5 Å². The fourth-order valence-electron chi connectivity index (χ4n) is 1.43. The first kappa shape index (κ1) is 15.7. The first-order valence-electron chi connectivity index (χ1n) is 5.94. The molecule has 0 saturated heterocycles. The Hall–Kier alpha value is -2.37. The summed E-state index contributed by atoms with van der Waals surface area (Å²) in [5.41, 5.74) is 0.0159. The minimum absolute atomic E-state index is 0.166. The molecule has 0 aromatic heterocycles. The third-order valence-electron chi connectivity index (χ3n) is 2.24. The highest BCUT2D eigenvalue weighted by Crippen LogP contribution is 2.18. The summed E-state index contributed by atoms with van der Waals surface area (Å²) in [6, 6.07) is 4.23. The predicted octanol–water partition coefficient (Wildman–Crippen LogP) is 2.63. The zero-order chi connectivity index (χ0) is 15.3. The highest BCUT2D eigenvalue weighted by Gasteiger charge is 2.18. The molecular formula is C14H17NO5. The summed E-state index contributed by atoms with van der Waals surface area (Å²) in [5.74, 6) is -0.558. The molecule has 6 heteroatoms. The van der Waals surface area contributed by atoms with E-state index in [1.165, 1.54) is 25.3 Å². The lowest BCUT2D eigenvalue weighted by molar-refractivity contribution is 0.0599. The van der Waals surface area contributed by atoms with Crippen LogP contribution in [0.25, 0.3) is 0 Å². The number of aldehydes is 1. The third kappa shape index (κ3) is 4.38. The van der Waals surface area contributed by atoms with E-state index in [-0.39, 0.29) is 16.8 Å². The average Bonchev–Trinajstić information content (AvgIpc) is 2.36. The number of carbonyl (C=O) groups is 3. The van der Waals surface area contributed by atoms with Crippen molar-refractivity contribution >= 4 is 24.0 Å². The summed E-state index contributed by atoms with van der Waals surface area (Å²) in [7, 11) is 1.25. The minimum Gasteiger partial charge on any atom is -0.465 e. The fourth-order valence-corrected chi connectivity index (χ4v) is 1.43. The molecule has 1 amide bonds. The summed E-state index contributed by atoms with van der Waals surface area (Å²) in [4.78, 5) is 34.0. The molecular weight excluding hydrogens is 262 g/mol. The molecule has 108 valence electrons. The van der Waals surface area contributed by atoms with Gasteiger partial charge in [0.2, 0.25) is 0 Å². The van der Waals surface area contributed by atoms with Crippen LogP contribution in [0.2, 0.25) is 0 Å². The van der Waals surface area contributed by atoms with Gasteiger partial charge in [0.15, 0.2) is 6.29 Å². The Morgan fingerprint density at radius 2 is 1.90 bits per heavy atom. The normalized spacial score (nSPS) is 10.6. The van der Waals surface area contributed by atoms with Gasteiger partial charge < -0.3 is 9.47 Å². The largest absolute Gasteiger partial charge is 0.465 e. The van der Waals surface area contributed by atoms with E-state index in [1.807, 2.05) is 0 Å². The molecule has 0 aliphatic heterocycles.